The first-order valence-electron chi connectivity index (χ1n) is 9.12. The average molecular weight is 433 g/mol. The normalized spacial score (nSPS) is 33.1. The maximum atomic E-state index is 12.8. The predicted octanol–water partition coefficient (Wildman–Crippen LogP) is -0.504. The minimum absolute atomic E-state index is 0.198. The van der Waals surface area contributed by atoms with Crippen LogP contribution in [0, 0.1) is 5.92 Å². The average Bonchev–Trinajstić information content (AvgIpc) is 2.83. The molecule has 2 aliphatic heterocycles. The van der Waals surface area contributed by atoms with E-state index in [1.54, 1.807) is 13.8 Å². The van der Waals surface area contributed by atoms with E-state index in [0.717, 1.165) is 10.6 Å². The molecule has 1 aromatic heterocycles. The third kappa shape index (κ3) is 4.85. The molecule has 3 N–H and O–H groups in total. The van der Waals surface area contributed by atoms with E-state index in [1.165, 1.54) is 13.1 Å². The Morgan fingerprint density at radius 3 is 2.69 bits per heavy atom. The lowest BCUT2D eigenvalue weighted by Crippen LogP contribution is -2.37. The molecule has 0 aliphatic carbocycles. The number of carbonyl (C=O) groups is 1. The number of rotatable bonds is 5. The second kappa shape index (κ2) is 8.50. The molecular formula is C16H24N3O9P. The van der Waals surface area contributed by atoms with Gasteiger partial charge in [-0.05, 0) is 20.8 Å². The number of nitrogens with one attached hydrogen (secondary N) is 2. The second-order valence-corrected chi connectivity index (χ2v) is 8.93. The summed E-state index contributed by atoms with van der Waals surface area (Å²) in [5, 5.41) is 13.1. The third-order valence-electron chi connectivity index (χ3n) is 4.55. The van der Waals surface area contributed by atoms with Crippen LogP contribution in [0.25, 0.3) is 0 Å². The SMILES string of the molecule is CC(C)OC(=O)[C@H](C)N[P@]1(=O)OC[C@H]2[C@@H](O)[C@H](n3ccc(=O)[nH]c3=O)O[C@@H]2CO1. The maximum Gasteiger partial charge on any atom is 0.406 e. The Bertz CT molecular complexity index is 913. The highest BCUT2D eigenvalue weighted by atomic mass is 31.2. The van der Waals surface area contributed by atoms with E-state index >= 15 is 0 Å². The first-order valence-corrected chi connectivity index (χ1v) is 10.7. The fourth-order valence-electron chi connectivity index (χ4n) is 3.11. The van der Waals surface area contributed by atoms with Crippen LogP contribution >= 0.6 is 7.75 Å². The van der Waals surface area contributed by atoms with Gasteiger partial charge in [-0.25, -0.2) is 14.4 Å². The molecule has 0 bridgehead atoms. The molecule has 0 saturated carbocycles. The predicted molar refractivity (Wildman–Crippen MR) is 98.1 cm³/mol. The maximum absolute atomic E-state index is 12.8. The monoisotopic (exact) mass is 433 g/mol. The number of aromatic amines is 1. The summed E-state index contributed by atoms with van der Waals surface area (Å²) in [6.07, 6.45) is -2.07. The fourth-order valence-corrected chi connectivity index (χ4v) is 4.63. The van der Waals surface area contributed by atoms with Crippen LogP contribution in [0.15, 0.2) is 21.9 Å². The van der Waals surface area contributed by atoms with Crippen LogP contribution in [0.1, 0.15) is 27.0 Å². The van der Waals surface area contributed by atoms with Crippen LogP contribution in [0.3, 0.4) is 0 Å². The topological polar surface area (TPSA) is 158 Å². The highest BCUT2D eigenvalue weighted by Gasteiger charge is 2.49. The van der Waals surface area contributed by atoms with Gasteiger partial charge >= 0.3 is 19.4 Å². The summed E-state index contributed by atoms with van der Waals surface area (Å²) in [4.78, 5) is 37.2. The van der Waals surface area contributed by atoms with Gasteiger partial charge in [0.05, 0.1) is 25.4 Å². The van der Waals surface area contributed by atoms with Gasteiger partial charge in [0.15, 0.2) is 6.23 Å². The number of hydrogen-bond acceptors (Lipinski definition) is 9. The molecule has 0 aromatic carbocycles. The van der Waals surface area contributed by atoms with Crippen molar-refractivity contribution in [1.29, 1.82) is 0 Å². The molecule has 0 spiro atoms. The first-order chi connectivity index (χ1) is 13.6. The van der Waals surface area contributed by atoms with Gasteiger partial charge in [-0.1, -0.05) is 0 Å². The smallest absolute Gasteiger partial charge is 0.406 e. The van der Waals surface area contributed by atoms with Crippen molar-refractivity contribution in [3.63, 3.8) is 0 Å². The molecule has 1 aromatic rings. The zero-order valence-corrected chi connectivity index (χ0v) is 17.0. The Labute approximate surface area is 165 Å². The Hall–Kier alpha value is -1.82. The summed E-state index contributed by atoms with van der Waals surface area (Å²) < 4.78 is 35.4. The molecular weight excluding hydrogens is 409 g/mol. The quantitative estimate of drug-likeness (QED) is 0.408. The number of nitrogens with zero attached hydrogens (tertiary/aromatic N) is 1. The molecule has 3 rings (SSSR count). The van der Waals surface area contributed by atoms with E-state index < -0.39 is 55.4 Å². The number of aliphatic hydroxyl groups excluding tert-OH is 1. The fraction of sp³-hybridized carbons (Fsp3) is 0.688. The zero-order chi connectivity index (χ0) is 21.3. The molecule has 0 unspecified atom stereocenters. The van der Waals surface area contributed by atoms with Crippen molar-refractivity contribution in [1.82, 2.24) is 14.6 Å². The van der Waals surface area contributed by atoms with Crippen molar-refractivity contribution in [3.05, 3.63) is 33.1 Å². The van der Waals surface area contributed by atoms with Crippen LogP contribution in [0.2, 0.25) is 0 Å². The van der Waals surface area contributed by atoms with Crippen molar-refractivity contribution in [2.24, 2.45) is 5.92 Å². The number of ether oxygens (including phenoxy) is 2. The van der Waals surface area contributed by atoms with Crippen LogP contribution in [-0.2, 0) is 27.9 Å². The number of esters is 1. The zero-order valence-electron chi connectivity index (χ0n) is 16.1. The molecule has 2 saturated heterocycles. The summed E-state index contributed by atoms with van der Waals surface area (Å²) in [5.41, 5.74) is -1.30. The van der Waals surface area contributed by atoms with E-state index in [0.29, 0.717) is 0 Å². The van der Waals surface area contributed by atoms with Gasteiger partial charge < -0.3 is 14.6 Å². The van der Waals surface area contributed by atoms with Gasteiger partial charge in [-0.3, -0.25) is 28.2 Å². The van der Waals surface area contributed by atoms with Gasteiger partial charge in [0, 0.05) is 18.2 Å². The molecule has 12 nitrogen and oxygen atoms in total. The standard InChI is InChI=1S/C16H24N3O9P/c1-8(2)27-15(22)9(3)18-29(24)25-6-10-11(7-26-29)28-14(13(10)21)19-5-4-12(20)17-16(19)23/h4-5,8-11,13-14,21H,6-7H2,1-3H3,(H,18,24)(H,17,20,23)/t9-,10+,11+,13+,14+,29-/m0/s1. The van der Waals surface area contributed by atoms with Crippen LogP contribution in [0.5, 0.6) is 0 Å². The second-order valence-electron chi connectivity index (χ2n) is 7.16. The Morgan fingerprint density at radius 1 is 1.34 bits per heavy atom. The summed E-state index contributed by atoms with van der Waals surface area (Å²) in [5.74, 6) is -1.25. The summed E-state index contributed by atoms with van der Waals surface area (Å²) in [6.45, 7) is 4.45. The van der Waals surface area contributed by atoms with Crippen molar-refractivity contribution in [3.8, 4) is 0 Å². The van der Waals surface area contributed by atoms with Crippen LogP contribution in [-0.4, -0.2) is 58.2 Å². The number of H-pyrrole nitrogens is 1. The molecule has 0 amide bonds. The van der Waals surface area contributed by atoms with Gasteiger partial charge in [-0.2, -0.15) is 0 Å². The highest BCUT2D eigenvalue weighted by Crippen LogP contribution is 2.50. The van der Waals surface area contributed by atoms with Gasteiger partial charge in [0.2, 0.25) is 0 Å². The molecule has 2 aliphatic rings. The molecule has 3 heterocycles. The van der Waals surface area contributed by atoms with Gasteiger partial charge in [0.25, 0.3) is 5.56 Å². The summed E-state index contributed by atoms with van der Waals surface area (Å²) >= 11 is 0. The van der Waals surface area contributed by atoms with E-state index in [4.69, 9.17) is 18.5 Å². The van der Waals surface area contributed by atoms with Crippen LogP contribution < -0.4 is 16.3 Å². The molecule has 29 heavy (non-hydrogen) atoms. The number of hydrogen-bond donors (Lipinski definition) is 3. The molecule has 2 fully saturated rings. The lowest BCUT2D eigenvalue weighted by molar-refractivity contribution is -0.149. The Kier molecular flexibility index (Phi) is 6.42. The van der Waals surface area contributed by atoms with E-state index in [-0.39, 0.29) is 19.3 Å². The summed E-state index contributed by atoms with van der Waals surface area (Å²) in [7, 11) is -3.86. The molecule has 162 valence electrons. The van der Waals surface area contributed by atoms with Crippen LogP contribution in [0.4, 0.5) is 0 Å². The minimum atomic E-state index is -3.86. The number of carbonyl (C=O) groups excluding carboxylic acids is 1. The van der Waals surface area contributed by atoms with E-state index in [9.17, 15) is 24.1 Å². The summed E-state index contributed by atoms with van der Waals surface area (Å²) in [6, 6.07) is 0.188. The van der Waals surface area contributed by atoms with E-state index in [2.05, 4.69) is 10.1 Å². The number of fused-ring (bicyclic) bond motifs is 1. The first kappa shape index (κ1) is 21.9. The largest absolute Gasteiger partial charge is 0.462 e. The Balaban J connectivity index is 1.68. The molecule has 13 heteroatoms. The lowest BCUT2D eigenvalue weighted by atomic mass is 9.99. The molecule has 0 radical (unpaired) electrons. The van der Waals surface area contributed by atoms with Gasteiger partial charge in [-0.15, -0.1) is 0 Å². The Morgan fingerprint density at radius 2 is 2.03 bits per heavy atom. The van der Waals surface area contributed by atoms with Crippen molar-refractivity contribution >= 4 is 13.7 Å². The number of aliphatic hydroxyl groups is 1. The minimum Gasteiger partial charge on any atom is -0.462 e. The highest BCUT2D eigenvalue weighted by molar-refractivity contribution is 7.51. The van der Waals surface area contributed by atoms with E-state index in [1.807, 2.05) is 0 Å². The lowest BCUT2D eigenvalue weighted by Gasteiger charge is -2.23. The van der Waals surface area contributed by atoms with Crippen molar-refractivity contribution < 1.29 is 33.0 Å². The van der Waals surface area contributed by atoms with Gasteiger partial charge in [0.1, 0.15) is 12.1 Å². The number of aromatic nitrogens is 2. The third-order valence-corrected chi connectivity index (χ3v) is 6.23. The van der Waals surface area contributed by atoms with Crippen molar-refractivity contribution in [2.75, 3.05) is 13.2 Å². The van der Waals surface area contributed by atoms with Crippen molar-refractivity contribution in [2.45, 2.75) is 51.4 Å². The molecule has 6 atom stereocenters.